The van der Waals surface area contributed by atoms with Gasteiger partial charge in [-0.05, 0) is 36.6 Å². The van der Waals surface area contributed by atoms with Gasteiger partial charge in [-0.2, -0.15) is 10.1 Å². The van der Waals surface area contributed by atoms with Gasteiger partial charge in [0.1, 0.15) is 17.8 Å². The maximum Gasteiger partial charge on any atom is 0.231 e. The summed E-state index contributed by atoms with van der Waals surface area (Å²) >= 11 is 0. The lowest BCUT2D eigenvalue weighted by molar-refractivity contribution is -0.119. The van der Waals surface area contributed by atoms with Gasteiger partial charge in [0.2, 0.25) is 11.9 Å². The first-order valence-electron chi connectivity index (χ1n) is 10.7. The predicted octanol–water partition coefficient (Wildman–Crippen LogP) is 4.55. The summed E-state index contributed by atoms with van der Waals surface area (Å²) in [6.45, 7) is 2.09. The molecule has 0 N–H and O–H groups in total. The second kappa shape index (κ2) is 9.20. The molecule has 1 amide bonds. The summed E-state index contributed by atoms with van der Waals surface area (Å²) in [6, 6.07) is 15.6. The maximum atomic E-state index is 13.3. The average molecular weight is 421 g/mol. The van der Waals surface area contributed by atoms with E-state index in [2.05, 4.69) is 23.1 Å². The number of carbonyl (C=O) groups is 1. The Bertz CT molecular complexity index is 1030. The van der Waals surface area contributed by atoms with E-state index in [9.17, 15) is 4.79 Å². The second-order valence-electron chi connectivity index (χ2n) is 7.65. The molecule has 0 bridgehead atoms. The predicted molar refractivity (Wildman–Crippen MR) is 119 cm³/mol. The molecule has 0 spiro atoms. The zero-order valence-corrected chi connectivity index (χ0v) is 18.2. The zero-order valence-electron chi connectivity index (χ0n) is 18.2. The highest BCUT2D eigenvalue weighted by molar-refractivity contribution is 5.92. The Kier molecular flexibility index (Phi) is 6.21. The van der Waals surface area contributed by atoms with E-state index in [1.54, 1.807) is 14.2 Å². The lowest BCUT2D eigenvalue weighted by Gasteiger charge is -2.39. The second-order valence-corrected chi connectivity index (χ2v) is 7.65. The lowest BCUT2D eigenvalue weighted by atomic mass is 9.91. The summed E-state index contributed by atoms with van der Waals surface area (Å²) in [5, 5.41) is 4.49. The zero-order chi connectivity index (χ0) is 21.8. The molecule has 7 heteroatoms. The number of amides is 1. The van der Waals surface area contributed by atoms with Crippen molar-refractivity contribution < 1.29 is 14.3 Å². The van der Waals surface area contributed by atoms with Gasteiger partial charge in [0.15, 0.2) is 0 Å². The molecule has 4 rings (SSSR count). The molecular formula is C24H28N4O3. The fourth-order valence-corrected chi connectivity index (χ4v) is 4.24. The minimum Gasteiger partial charge on any atom is -0.497 e. The standard InChI is InChI=1S/C24H28N4O3/c1-4-5-10-23(29)27-20(17-11-13-18(30-2)14-12-17)15-21(28-24(27)25-16-26-28)19-8-6-7-9-22(19)31-3/h6-9,11-14,16,20-21H,4-5,10,15H2,1-3H3/t20-,21+/m0/s1. The van der Waals surface area contributed by atoms with Crippen LogP contribution in [-0.4, -0.2) is 34.9 Å². The lowest BCUT2D eigenvalue weighted by Crippen LogP contribution is -2.42. The average Bonchev–Trinajstić information content (AvgIpc) is 3.31. The van der Waals surface area contributed by atoms with Crippen LogP contribution in [-0.2, 0) is 4.79 Å². The molecule has 2 atom stereocenters. The highest BCUT2D eigenvalue weighted by atomic mass is 16.5. The number of rotatable bonds is 7. The number of unbranched alkanes of at least 4 members (excludes halogenated alkanes) is 1. The van der Waals surface area contributed by atoms with E-state index < -0.39 is 0 Å². The van der Waals surface area contributed by atoms with E-state index in [0.29, 0.717) is 18.8 Å². The van der Waals surface area contributed by atoms with Crippen LogP contribution in [0, 0.1) is 0 Å². The fourth-order valence-electron chi connectivity index (χ4n) is 4.24. The van der Waals surface area contributed by atoms with Gasteiger partial charge in [-0.15, -0.1) is 0 Å². The number of methoxy groups -OCH3 is 2. The number of hydrogen-bond donors (Lipinski definition) is 0. The molecule has 162 valence electrons. The number of carbonyl (C=O) groups excluding carboxylic acids is 1. The summed E-state index contributed by atoms with van der Waals surface area (Å²) in [6.07, 6.45) is 4.47. The van der Waals surface area contributed by atoms with Crippen molar-refractivity contribution >= 4 is 11.9 Å². The molecule has 3 aromatic rings. The Balaban J connectivity index is 1.81. The van der Waals surface area contributed by atoms with Crippen LogP contribution in [0.3, 0.4) is 0 Å². The molecule has 0 saturated heterocycles. The first-order valence-corrected chi connectivity index (χ1v) is 10.7. The summed E-state index contributed by atoms with van der Waals surface area (Å²) < 4.78 is 12.8. The Morgan fingerprint density at radius 3 is 2.55 bits per heavy atom. The molecule has 2 aromatic carbocycles. The molecule has 0 fully saturated rings. The van der Waals surface area contributed by atoms with Gasteiger partial charge in [-0.3, -0.25) is 9.69 Å². The van der Waals surface area contributed by atoms with E-state index in [4.69, 9.17) is 9.47 Å². The van der Waals surface area contributed by atoms with Crippen molar-refractivity contribution in [2.45, 2.75) is 44.7 Å². The fraction of sp³-hybridized carbons (Fsp3) is 0.375. The highest BCUT2D eigenvalue weighted by Crippen LogP contribution is 2.44. The van der Waals surface area contributed by atoms with E-state index in [0.717, 1.165) is 35.5 Å². The Labute approximate surface area is 182 Å². The quantitative estimate of drug-likeness (QED) is 0.561. The smallest absolute Gasteiger partial charge is 0.231 e. The molecule has 1 aromatic heterocycles. The number of hydrogen-bond acceptors (Lipinski definition) is 5. The summed E-state index contributed by atoms with van der Waals surface area (Å²) in [4.78, 5) is 19.6. The first kappa shape index (κ1) is 20.9. The molecule has 0 unspecified atom stereocenters. The van der Waals surface area contributed by atoms with Crippen LogP contribution in [0.2, 0.25) is 0 Å². The van der Waals surface area contributed by atoms with Gasteiger partial charge < -0.3 is 9.47 Å². The Morgan fingerprint density at radius 2 is 1.84 bits per heavy atom. The molecule has 0 radical (unpaired) electrons. The number of ether oxygens (including phenoxy) is 2. The van der Waals surface area contributed by atoms with Gasteiger partial charge in [-0.1, -0.05) is 43.7 Å². The van der Waals surface area contributed by atoms with E-state index in [1.165, 1.54) is 6.33 Å². The van der Waals surface area contributed by atoms with Gasteiger partial charge >= 0.3 is 0 Å². The van der Waals surface area contributed by atoms with Crippen LogP contribution in [0.5, 0.6) is 11.5 Å². The largest absolute Gasteiger partial charge is 0.497 e. The van der Waals surface area contributed by atoms with Crippen LogP contribution >= 0.6 is 0 Å². The van der Waals surface area contributed by atoms with Gasteiger partial charge in [0, 0.05) is 12.0 Å². The Hall–Kier alpha value is -3.35. The molecule has 2 heterocycles. The minimum atomic E-state index is -0.165. The van der Waals surface area contributed by atoms with Crippen LogP contribution in [0.1, 0.15) is 55.8 Å². The van der Waals surface area contributed by atoms with Crippen LogP contribution < -0.4 is 14.4 Å². The molecule has 0 aliphatic carbocycles. The Morgan fingerprint density at radius 1 is 1.06 bits per heavy atom. The minimum absolute atomic E-state index is 0.0652. The molecule has 1 aliphatic heterocycles. The number of benzene rings is 2. The van der Waals surface area contributed by atoms with Crippen molar-refractivity contribution in [2.75, 3.05) is 19.1 Å². The van der Waals surface area contributed by atoms with E-state index >= 15 is 0 Å². The third-order valence-electron chi connectivity index (χ3n) is 5.83. The third-order valence-corrected chi connectivity index (χ3v) is 5.83. The van der Waals surface area contributed by atoms with Crippen molar-refractivity contribution in [3.05, 3.63) is 66.0 Å². The number of nitrogens with zero attached hydrogens (tertiary/aromatic N) is 4. The van der Waals surface area contributed by atoms with Crippen molar-refractivity contribution in [3.63, 3.8) is 0 Å². The van der Waals surface area contributed by atoms with Gasteiger partial charge in [0.05, 0.1) is 26.3 Å². The van der Waals surface area contributed by atoms with E-state index in [1.807, 2.05) is 52.0 Å². The van der Waals surface area contributed by atoms with Gasteiger partial charge in [0.25, 0.3) is 0 Å². The molecule has 31 heavy (non-hydrogen) atoms. The van der Waals surface area contributed by atoms with E-state index in [-0.39, 0.29) is 18.0 Å². The number of para-hydroxylation sites is 1. The SMILES string of the molecule is CCCCC(=O)N1c2ncnn2[C@@H](c2ccccc2OC)C[C@H]1c1ccc(OC)cc1. The number of aromatic nitrogens is 3. The molecular weight excluding hydrogens is 392 g/mol. The van der Waals surface area contributed by atoms with Crippen molar-refractivity contribution in [3.8, 4) is 11.5 Å². The summed E-state index contributed by atoms with van der Waals surface area (Å²) in [7, 11) is 3.32. The highest BCUT2D eigenvalue weighted by Gasteiger charge is 2.39. The normalized spacial score (nSPS) is 17.8. The van der Waals surface area contributed by atoms with Crippen LogP contribution in [0.15, 0.2) is 54.9 Å². The topological polar surface area (TPSA) is 69.5 Å². The summed E-state index contributed by atoms with van der Waals surface area (Å²) in [5.74, 6) is 2.22. The third kappa shape index (κ3) is 4.00. The van der Waals surface area contributed by atoms with Crippen LogP contribution in [0.25, 0.3) is 0 Å². The van der Waals surface area contributed by atoms with Crippen molar-refractivity contribution in [2.24, 2.45) is 0 Å². The molecule has 0 saturated carbocycles. The molecule has 1 aliphatic rings. The van der Waals surface area contributed by atoms with Crippen molar-refractivity contribution in [1.82, 2.24) is 14.8 Å². The maximum absolute atomic E-state index is 13.3. The van der Waals surface area contributed by atoms with Crippen LogP contribution in [0.4, 0.5) is 5.95 Å². The summed E-state index contributed by atoms with van der Waals surface area (Å²) in [5.41, 5.74) is 2.07. The monoisotopic (exact) mass is 420 g/mol. The first-order chi connectivity index (χ1) is 15.2. The van der Waals surface area contributed by atoms with Gasteiger partial charge in [-0.25, -0.2) is 4.68 Å². The number of fused-ring (bicyclic) bond motifs is 1. The number of anilines is 1. The molecule has 7 nitrogen and oxygen atoms in total. The van der Waals surface area contributed by atoms with Crippen molar-refractivity contribution in [1.29, 1.82) is 0 Å².